The van der Waals surface area contributed by atoms with Gasteiger partial charge in [0.2, 0.25) is 0 Å². The lowest BCUT2D eigenvalue weighted by atomic mass is 10.1. The van der Waals surface area contributed by atoms with Gasteiger partial charge in [-0.3, -0.25) is 0 Å². The summed E-state index contributed by atoms with van der Waals surface area (Å²) in [6, 6.07) is 7.96. The van der Waals surface area contributed by atoms with Gasteiger partial charge in [-0.1, -0.05) is 39.0 Å². The average Bonchev–Trinajstić information content (AvgIpc) is 2.20. The second-order valence-corrected chi connectivity index (χ2v) is 4.01. The third-order valence-electron chi connectivity index (χ3n) is 2.03. The highest BCUT2D eigenvalue weighted by Crippen LogP contribution is 2.04. The molecule has 0 aliphatic heterocycles. The van der Waals surface area contributed by atoms with Crippen LogP contribution in [0.2, 0.25) is 0 Å². The van der Waals surface area contributed by atoms with Gasteiger partial charge in [-0.05, 0) is 36.5 Å². The van der Waals surface area contributed by atoms with Crippen LogP contribution in [0.1, 0.15) is 32.8 Å². The molecule has 2 N–H and O–H groups in total. The van der Waals surface area contributed by atoms with Crippen molar-refractivity contribution in [3.05, 3.63) is 42.5 Å². The molecule has 1 aromatic carbocycles. The lowest BCUT2D eigenvalue weighted by Gasteiger charge is -1.94. The van der Waals surface area contributed by atoms with Gasteiger partial charge in [0, 0.05) is 5.69 Å². The van der Waals surface area contributed by atoms with Crippen molar-refractivity contribution < 1.29 is 0 Å². The minimum atomic E-state index is 0.780. The number of allylic oxidation sites excluding steroid dienone is 1. The Balaban J connectivity index is 0.000000288. The van der Waals surface area contributed by atoms with Crippen molar-refractivity contribution in [2.24, 2.45) is 5.92 Å². The zero-order valence-corrected chi connectivity index (χ0v) is 10.2. The fourth-order valence-corrected chi connectivity index (χ4v) is 1.09. The topological polar surface area (TPSA) is 26.0 Å². The Morgan fingerprint density at radius 2 is 1.80 bits per heavy atom. The van der Waals surface area contributed by atoms with Gasteiger partial charge in [0.1, 0.15) is 0 Å². The van der Waals surface area contributed by atoms with Crippen molar-refractivity contribution in [3.63, 3.8) is 0 Å². The summed E-state index contributed by atoms with van der Waals surface area (Å²) >= 11 is 0. The van der Waals surface area contributed by atoms with E-state index in [4.69, 9.17) is 5.73 Å². The van der Waals surface area contributed by atoms with Crippen LogP contribution in [0.15, 0.2) is 36.9 Å². The molecule has 84 valence electrons. The van der Waals surface area contributed by atoms with Gasteiger partial charge in [-0.15, -0.1) is 6.58 Å². The Labute approximate surface area is 94.0 Å². The zero-order valence-electron chi connectivity index (χ0n) is 10.2. The average molecular weight is 205 g/mol. The molecule has 0 unspecified atom stereocenters. The van der Waals surface area contributed by atoms with E-state index in [1.165, 1.54) is 5.56 Å². The molecule has 0 aliphatic carbocycles. The molecule has 0 atom stereocenters. The fourth-order valence-electron chi connectivity index (χ4n) is 1.09. The molecule has 0 aliphatic rings. The van der Waals surface area contributed by atoms with Gasteiger partial charge in [0.05, 0.1) is 0 Å². The summed E-state index contributed by atoms with van der Waals surface area (Å²) in [4.78, 5) is 0. The summed E-state index contributed by atoms with van der Waals surface area (Å²) in [6.45, 7) is 10.1. The second-order valence-electron chi connectivity index (χ2n) is 4.01. The molecular weight excluding hydrogens is 182 g/mol. The standard InChI is InChI=1S/C8H11N.C6H12/c1-2-7-3-5-8(9)6-4-7;1-4-5-6(2)3/h3-6H,2,9H2,1H3;4,6H,1,5H2,2-3H3. The highest BCUT2D eigenvalue weighted by atomic mass is 14.5. The first-order valence-corrected chi connectivity index (χ1v) is 5.55. The van der Waals surface area contributed by atoms with E-state index in [0.29, 0.717) is 0 Å². The van der Waals surface area contributed by atoms with E-state index in [1.54, 1.807) is 0 Å². The Morgan fingerprint density at radius 1 is 1.27 bits per heavy atom. The minimum Gasteiger partial charge on any atom is -0.399 e. The number of anilines is 1. The van der Waals surface area contributed by atoms with E-state index in [2.05, 4.69) is 39.5 Å². The van der Waals surface area contributed by atoms with Crippen molar-refractivity contribution in [1.82, 2.24) is 0 Å². The molecule has 0 heterocycles. The van der Waals surface area contributed by atoms with Crippen LogP contribution in [0.5, 0.6) is 0 Å². The minimum absolute atomic E-state index is 0.780. The molecule has 1 heteroatoms. The molecule has 0 radical (unpaired) electrons. The summed E-state index contributed by atoms with van der Waals surface area (Å²) in [7, 11) is 0. The van der Waals surface area contributed by atoms with Gasteiger partial charge in [0.25, 0.3) is 0 Å². The first-order valence-electron chi connectivity index (χ1n) is 5.55. The molecule has 1 aromatic rings. The van der Waals surface area contributed by atoms with Gasteiger partial charge >= 0.3 is 0 Å². The molecule has 0 saturated heterocycles. The Hall–Kier alpha value is -1.24. The number of aryl methyl sites for hydroxylation is 1. The van der Waals surface area contributed by atoms with Crippen LogP contribution in [0.25, 0.3) is 0 Å². The number of rotatable bonds is 3. The third-order valence-corrected chi connectivity index (χ3v) is 2.03. The van der Waals surface area contributed by atoms with E-state index in [0.717, 1.165) is 24.4 Å². The predicted octanol–water partition coefficient (Wildman–Crippen LogP) is 4.05. The smallest absolute Gasteiger partial charge is 0.0314 e. The van der Waals surface area contributed by atoms with Crippen LogP contribution in [0.4, 0.5) is 5.69 Å². The summed E-state index contributed by atoms with van der Waals surface area (Å²) in [6.07, 6.45) is 4.17. The van der Waals surface area contributed by atoms with Crippen LogP contribution in [0.3, 0.4) is 0 Å². The normalized spacial score (nSPS) is 9.33. The van der Waals surface area contributed by atoms with E-state index in [1.807, 2.05) is 18.2 Å². The van der Waals surface area contributed by atoms with Crippen molar-refractivity contribution in [1.29, 1.82) is 0 Å². The van der Waals surface area contributed by atoms with E-state index in [-0.39, 0.29) is 0 Å². The molecule has 0 fully saturated rings. The number of benzene rings is 1. The molecule has 0 saturated carbocycles. The largest absolute Gasteiger partial charge is 0.399 e. The lowest BCUT2D eigenvalue weighted by Crippen LogP contribution is -1.84. The summed E-state index contributed by atoms with van der Waals surface area (Å²) < 4.78 is 0. The maximum atomic E-state index is 5.48. The van der Waals surface area contributed by atoms with Gasteiger partial charge in [-0.2, -0.15) is 0 Å². The summed E-state index contributed by atoms with van der Waals surface area (Å²) in [5.74, 6) is 0.780. The van der Waals surface area contributed by atoms with Crippen LogP contribution >= 0.6 is 0 Å². The van der Waals surface area contributed by atoms with E-state index >= 15 is 0 Å². The Morgan fingerprint density at radius 3 is 2.07 bits per heavy atom. The van der Waals surface area contributed by atoms with E-state index in [9.17, 15) is 0 Å². The number of nitrogen functional groups attached to an aromatic ring is 1. The molecule has 0 spiro atoms. The maximum absolute atomic E-state index is 5.48. The van der Waals surface area contributed by atoms with Gasteiger partial charge in [-0.25, -0.2) is 0 Å². The van der Waals surface area contributed by atoms with Gasteiger partial charge < -0.3 is 5.73 Å². The van der Waals surface area contributed by atoms with Crippen molar-refractivity contribution in [2.45, 2.75) is 33.6 Å². The van der Waals surface area contributed by atoms with Crippen LogP contribution < -0.4 is 5.73 Å². The van der Waals surface area contributed by atoms with Crippen LogP contribution in [0, 0.1) is 5.92 Å². The molecule has 0 bridgehead atoms. The Kier molecular flexibility index (Phi) is 7.43. The first-order chi connectivity index (χ1) is 7.10. The van der Waals surface area contributed by atoms with Crippen LogP contribution in [-0.2, 0) is 6.42 Å². The van der Waals surface area contributed by atoms with Gasteiger partial charge in [0.15, 0.2) is 0 Å². The number of hydrogen-bond donors (Lipinski definition) is 1. The van der Waals surface area contributed by atoms with E-state index < -0.39 is 0 Å². The maximum Gasteiger partial charge on any atom is 0.0314 e. The van der Waals surface area contributed by atoms with Crippen LogP contribution in [-0.4, -0.2) is 0 Å². The lowest BCUT2D eigenvalue weighted by molar-refractivity contribution is 0.664. The Bertz CT molecular complexity index is 259. The quantitative estimate of drug-likeness (QED) is 0.584. The highest BCUT2D eigenvalue weighted by Gasteiger charge is 1.85. The van der Waals surface area contributed by atoms with Crippen molar-refractivity contribution in [2.75, 3.05) is 5.73 Å². The molecular formula is C14H23N. The third kappa shape index (κ3) is 7.80. The van der Waals surface area contributed by atoms with Crippen molar-refractivity contribution in [3.8, 4) is 0 Å². The molecule has 15 heavy (non-hydrogen) atoms. The monoisotopic (exact) mass is 205 g/mol. The molecule has 1 nitrogen and oxygen atoms in total. The number of nitrogens with two attached hydrogens (primary N) is 1. The highest BCUT2D eigenvalue weighted by molar-refractivity contribution is 5.39. The SMILES string of the molecule is C=CCC(C)C.CCc1ccc(N)cc1. The summed E-state index contributed by atoms with van der Waals surface area (Å²) in [5.41, 5.74) is 7.66. The fraction of sp³-hybridized carbons (Fsp3) is 0.429. The first kappa shape index (κ1) is 13.8. The second kappa shape index (κ2) is 8.10. The zero-order chi connectivity index (χ0) is 11.7. The molecule has 0 aromatic heterocycles. The number of hydrogen-bond acceptors (Lipinski definition) is 1. The predicted molar refractivity (Wildman–Crippen MR) is 69.9 cm³/mol. The van der Waals surface area contributed by atoms with Crippen molar-refractivity contribution >= 4 is 5.69 Å². The molecule has 1 rings (SSSR count). The summed E-state index contributed by atoms with van der Waals surface area (Å²) in [5, 5.41) is 0. The molecule has 0 amide bonds.